The van der Waals surface area contributed by atoms with Gasteiger partial charge in [-0.05, 0) is 74.0 Å². The summed E-state index contributed by atoms with van der Waals surface area (Å²) in [6, 6.07) is 0. The van der Waals surface area contributed by atoms with Gasteiger partial charge in [0, 0.05) is 0 Å². The number of ether oxygens (including phenoxy) is 2. The van der Waals surface area contributed by atoms with E-state index in [9.17, 15) is 9.59 Å². The number of hydrogen-bond donors (Lipinski definition) is 0. The van der Waals surface area contributed by atoms with Crippen molar-refractivity contribution in [2.45, 2.75) is 132 Å². The minimum atomic E-state index is -0.0760. The largest absolute Gasteiger partial charge is 0.465 e. The highest BCUT2D eigenvalue weighted by Crippen LogP contribution is 2.34. The molecular weight excluding hydrogens is 424 g/mol. The second-order valence-corrected chi connectivity index (χ2v) is 13.0. The molecular formula is C30H56O4. The van der Waals surface area contributed by atoms with Crippen molar-refractivity contribution in [3.63, 3.8) is 0 Å². The average Bonchev–Trinajstić information content (AvgIpc) is 2.78. The van der Waals surface area contributed by atoms with Gasteiger partial charge < -0.3 is 9.47 Å². The summed E-state index contributed by atoms with van der Waals surface area (Å²) in [7, 11) is 0. The summed E-state index contributed by atoms with van der Waals surface area (Å²) in [6.45, 7) is 19.1. The molecule has 1 aliphatic carbocycles. The van der Waals surface area contributed by atoms with Gasteiger partial charge in [0.25, 0.3) is 0 Å². The molecule has 0 heterocycles. The normalized spacial score (nSPS) is 21.1. The van der Waals surface area contributed by atoms with Gasteiger partial charge in [-0.25, -0.2) is 0 Å². The van der Waals surface area contributed by atoms with E-state index in [-0.39, 0.29) is 23.8 Å². The van der Waals surface area contributed by atoms with Crippen molar-refractivity contribution in [3.05, 3.63) is 0 Å². The molecule has 0 N–H and O–H groups in total. The molecule has 0 radical (unpaired) electrons. The summed E-state index contributed by atoms with van der Waals surface area (Å²) in [4.78, 5) is 25.2. The molecule has 4 heteroatoms. The maximum Gasteiger partial charge on any atom is 0.308 e. The Morgan fingerprint density at radius 1 is 0.706 bits per heavy atom. The summed E-state index contributed by atoms with van der Waals surface area (Å²) in [5.74, 6) is 0.457. The van der Waals surface area contributed by atoms with Gasteiger partial charge >= 0.3 is 11.9 Å². The van der Waals surface area contributed by atoms with Crippen LogP contribution in [0.1, 0.15) is 132 Å². The highest BCUT2D eigenvalue weighted by atomic mass is 16.5. The number of hydrogen-bond acceptors (Lipinski definition) is 4. The van der Waals surface area contributed by atoms with Crippen LogP contribution in [0.25, 0.3) is 0 Å². The quantitative estimate of drug-likeness (QED) is 0.208. The predicted octanol–water partition coefficient (Wildman–Crippen LogP) is 8.36. The van der Waals surface area contributed by atoms with Gasteiger partial charge in [0.15, 0.2) is 0 Å². The summed E-state index contributed by atoms with van der Waals surface area (Å²) in [6.07, 6.45) is 12.5. The van der Waals surface area contributed by atoms with Gasteiger partial charge in [-0.1, -0.05) is 81.1 Å². The number of unbranched alkanes of at least 4 members (excludes halogenated alkanes) is 2. The third-order valence-corrected chi connectivity index (χ3v) is 7.63. The first kappa shape index (κ1) is 31.0. The van der Waals surface area contributed by atoms with Crippen LogP contribution in [0, 0.1) is 34.5 Å². The number of carbonyl (C=O) groups is 2. The van der Waals surface area contributed by atoms with Gasteiger partial charge in [-0.15, -0.1) is 0 Å². The highest BCUT2D eigenvalue weighted by molar-refractivity contribution is 5.75. The molecule has 1 fully saturated rings. The summed E-state index contributed by atoms with van der Waals surface area (Å²) < 4.78 is 11.4. The smallest absolute Gasteiger partial charge is 0.308 e. The molecule has 0 amide bonds. The lowest BCUT2D eigenvalue weighted by molar-refractivity contribution is -0.156. The molecule has 1 rings (SSSR count). The Hall–Kier alpha value is -1.06. The van der Waals surface area contributed by atoms with E-state index in [2.05, 4.69) is 55.4 Å². The molecule has 2 unspecified atom stereocenters. The van der Waals surface area contributed by atoms with E-state index in [4.69, 9.17) is 9.47 Å². The van der Waals surface area contributed by atoms with Crippen molar-refractivity contribution in [3.8, 4) is 0 Å². The van der Waals surface area contributed by atoms with E-state index in [0.717, 1.165) is 38.5 Å². The fourth-order valence-corrected chi connectivity index (χ4v) is 5.77. The maximum absolute atomic E-state index is 12.6. The Morgan fingerprint density at radius 3 is 1.32 bits per heavy atom. The first-order chi connectivity index (χ1) is 15.9. The van der Waals surface area contributed by atoms with Gasteiger partial charge in [0.05, 0.1) is 25.0 Å². The Morgan fingerprint density at radius 2 is 1.03 bits per heavy atom. The van der Waals surface area contributed by atoms with Crippen LogP contribution >= 0.6 is 0 Å². The fourth-order valence-electron chi connectivity index (χ4n) is 5.77. The van der Waals surface area contributed by atoms with Crippen molar-refractivity contribution in [2.75, 3.05) is 13.2 Å². The van der Waals surface area contributed by atoms with Crippen molar-refractivity contribution >= 4 is 11.9 Å². The first-order valence-electron chi connectivity index (χ1n) is 14.2. The van der Waals surface area contributed by atoms with E-state index < -0.39 is 0 Å². The lowest BCUT2D eigenvalue weighted by Crippen LogP contribution is -2.30. The monoisotopic (exact) mass is 480 g/mol. The molecule has 200 valence electrons. The molecule has 1 aliphatic rings. The Balaban J connectivity index is 2.31. The van der Waals surface area contributed by atoms with Crippen molar-refractivity contribution < 1.29 is 19.1 Å². The topological polar surface area (TPSA) is 52.6 Å². The van der Waals surface area contributed by atoms with E-state index in [1.165, 1.54) is 38.5 Å². The zero-order valence-electron chi connectivity index (χ0n) is 23.8. The van der Waals surface area contributed by atoms with Crippen molar-refractivity contribution in [1.82, 2.24) is 0 Å². The highest BCUT2D eigenvalue weighted by Gasteiger charge is 2.32. The molecule has 34 heavy (non-hydrogen) atoms. The standard InChI is InChI=1S/C30H56O4/c1-9-11-17-29(5,6)19-23(3)21-33-27(31)25-13-15-26(16-14-25)28(32)34-22-24(4)20-30(7,8)18-12-10-2/h23-26H,9-22H2,1-8H3. The molecule has 4 nitrogen and oxygen atoms in total. The third kappa shape index (κ3) is 12.6. The zero-order chi connectivity index (χ0) is 25.8. The predicted molar refractivity (Wildman–Crippen MR) is 142 cm³/mol. The lowest BCUT2D eigenvalue weighted by atomic mass is 9.79. The zero-order valence-corrected chi connectivity index (χ0v) is 23.8. The molecule has 0 aromatic carbocycles. The van der Waals surface area contributed by atoms with Crippen LogP contribution in [0.15, 0.2) is 0 Å². The molecule has 0 aliphatic heterocycles. The van der Waals surface area contributed by atoms with Gasteiger partial charge in [0.2, 0.25) is 0 Å². The maximum atomic E-state index is 12.6. The van der Waals surface area contributed by atoms with Crippen LogP contribution in [0.4, 0.5) is 0 Å². The lowest BCUT2D eigenvalue weighted by Gasteiger charge is -2.30. The van der Waals surface area contributed by atoms with Crippen LogP contribution in [0.2, 0.25) is 0 Å². The molecule has 0 spiro atoms. The first-order valence-corrected chi connectivity index (χ1v) is 14.2. The Kier molecular flexibility index (Phi) is 13.8. The van der Waals surface area contributed by atoms with Crippen molar-refractivity contribution in [2.24, 2.45) is 34.5 Å². The van der Waals surface area contributed by atoms with Gasteiger partial charge in [-0.2, -0.15) is 0 Å². The van der Waals surface area contributed by atoms with Gasteiger partial charge in [-0.3, -0.25) is 9.59 Å². The van der Waals surface area contributed by atoms with Crippen LogP contribution < -0.4 is 0 Å². The molecule has 0 saturated heterocycles. The van der Waals surface area contributed by atoms with E-state index in [1.54, 1.807) is 0 Å². The minimum Gasteiger partial charge on any atom is -0.465 e. The van der Waals surface area contributed by atoms with Crippen LogP contribution in [-0.2, 0) is 19.1 Å². The molecule has 0 aromatic heterocycles. The average molecular weight is 481 g/mol. The number of esters is 2. The molecule has 0 aromatic rings. The Labute approximate surface area is 211 Å². The van der Waals surface area contributed by atoms with Crippen LogP contribution in [0.3, 0.4) is 0 Å². The Bertz CT molecular complexity index is 535. The van der Waals surface area contributed by atoms with Gasteiger partial charge in [0.1, 0.15) is 0 Å². The molecule has 2 atom stereocenters. The third-order valence-electron chi connectivity index (χ3n) is 7.63. The molecule has 0 bridgehead atoms. The van der Waals surface area contributed by atoms with E-state index in [0.29, 0.717) is 35.9 Å². The van der Waals surface area contributed by atoms with Crippen molar-refractivity contribution in [1.29, 1.82) is 0 Å². The minimum absolute atomic E-state index is 0.0670. The van der Waals surface area contributed by atoms with Crippen LogP contribution in [-0.4, -0.2) is 25.2 Å². The summed E-state index contributed by atoms with van der Waals surface area (Å²) in [5.41, 5.74) is 0.589. The second-order valence-electron chi connectivity index (χ2n) is 13.0. The number of carbonyl (C=O) groups excluding carboxylic acids is 2. The summed E-state index contributed by atoms with van der Waals surface area (Å²) in [5, 5.41) is 0. The second kappa shape index (κ2) is 15.1. The van der Waals surface area contributed by atoms with Crippen LogP contribution in [0.5, 0.6) is 0 Å². The SMILES string of the molecule is CCCCC(C)(C)CC(C)COC(=O)C1CCC(C(=O)OCC(C)CC(C)(C)CCCC)CC1. The fraction of sp³-hybridized carbons (Fsp3) is 0.933. The van der Waals surface area contributed by atoms with E-state index in [1.807, 2.05) is 0 Å². The molecule has 1 saturated carbocycles. The summed E-state index contributed by atoms with van der Waals surface area (Å²) >= 11 is 0. The number of rotatable bonds is 16. The van der Waals surface area contributed by atoms with E-state index >= 15 is 0 Å².